The van der Waals surface area contributed by atoms with Crippen molar-refractivity contribution in [3.05, 3.63) is 22.2 Å². The van der Waals surface area contributed by atoms with Gasteiger partial charge in [-0.15, -0.1) is 0 Å². The number of carboxylic acid groups (broad SMARTS) is 1. The Morgan fingerprint density at radius 2 is 2.06 bits per heavy atom. The molecule has 96 valence electrons. The number of H-pyrrole nitrogens is 1. The number of halogens is 2. The van der Waals surface area contributed by atoms with Crippen molar-refractivity contribution >= 4 is 51.0 Å². The molecule has 0 bridgehead atoms. The third kappa shape index (κ3) is 2.82. The van der Waals surface area contributed by atoms with E-state index in [1.54, 1.807) is 12.1 Å². The smallest absolute Gasteiger partial charge is 0.304 e. The maximum Gasteiger partial charge on any atom is 0.304 e. The van der Waals surface area contributed by atoms with Crippen molar-refractivity contribution < 1.29 is 14.1 Å². The van der Waals surface area contributed by atoms with Crippen LogP contribution in [0.15, 0.2) is 17.3 Å². The van der Waals surface area contributed by atoms with Crippen molar-refractivity contribution in [1.82, 2.24) is 9.97 Å². The number of hydrogen-bond donors (Lipinski definition) is 2. The van der Waals surface area contributed by atoms with Gasteiger partial charge in [-0.1, -0.05) is 23.2 Å². The van der Waals surface area contributed by atoms with Gasteiger partial charge in [0.15, 0.2) is 5.16 Å². The van der Waals surface area contributed by atoms with Gasteiger partial charge >= 0.3 is 5.97 Å². The molecule has 18 heavy (non-hydrogen) atoms. The summed E-state index contributed by atoms with van der Waals surface area (Å²) in [6, 6.07) is 3.15. The van der Waals surface area contributed by atoms with Crippen LogP contribution in [0.25, 0.3) is 11.0 Å². The summed E-state index contributed by atoms with van der Waals surface area (Å²) < 4.78 is 11.8. The first-order valence-electron chi connectivity index (χ1n) is 4.92. The van der Waals surface area contributed by atoms with Crippen LogP contribution < -0.4 is 0 Å². The third-order valence-electron chi connectivity index (χ3n) is 2.22. The van der Waals surface area contributed by atoms with Crippen LogP contribution in [0.1, 0.15) is 6.42 Å². The first-order chi connectivity index (χ1) is 8.47. The van der Waals surface area contributed by atoms with Crippen LogP contribution in [0, 0.1) is 0 Å². The van der Waals surface area contributed by atoms with E-state index in [9.17, 15) is 9.00 Å². The Kier molecular flexibility index (Phi) is 3.89. The minimum atomic E-state index is -1.48. The fraction of sp³-hybridized carbons (Fsp3) is 0.200. The molecule has 0 amide bonds. The van der Waals surface area contributed by atoms with E-state index in [0.29, 0.717) is 21.1 Å². The van der Waals surface area contributed by atoms with Crippen LogP contribution in [0.2, 0.25) is 10.0 Å². The molecule has 8 heteroatoms. The van der Waals surface area contributed by atoms with Crippen molar-refractivity contribution in [3.63, 3.8) is 0 Å². The van der Waals surface area contributed by atoms with Crippen molar-refractivity contribution in [2.75, 3.05) is 5.75 Å². The molecule has 0 radical (unpaired) electrons. The molecular formula is C10H8Cl2N2O3S. The van der Waals surface area contributed by atoms with Gasteiger partial charge in [-0.3, -0.25) is 9.00 Å². The molecule has 2 rings (SSSR count). The minimum Gasteiger partial charge on any atom is -0.481 e. The van der Waals surface area contributed by atoms with E-state index in [2.05, 4.69) is 9.97 Å². The molecule has 0 aliphatic rings. The van der Waals surface area contributed by atoms with E-state index in [1.807, 2.05) is 0 Å². The topological polar surface area (TPSA) is 83.0 Å². The molecule has 0 saturated carbocycles. The lowest BCUT2D eigenvalue weighted by molar-refractivity contribution is -0.136. The molecule has 5 nitrogen and oxygen atoms in total. The molecule has 0 aliphatic carbocycles. The number of imidazole rings is 1. The Bertz CT molecular complexity index is 602. The summed E-state index contributed by atoms with van der Waals surface area (Å²) in [5.41, 5.74) is 1.16. The van der Waals surface area contributed by atoms with Gasteiger partial charge in [-0.05, 0) is 12.1 Å². The van der Waals surface area contributed by atoms with E-state index < -0.39 is 16.8 Å². The lowest BCUT2D eigenvalue weighted by Gasteiger charge is -1.94. The van der Waals surface area contributed by atoms with Gasteiger partial charge in [0.05, 0.1) is 38.3 Å². The summed E-state index contributed by atoms with van der Waals surface area (Å²) in [5, 5.41) is 9.48. The van der Waals surface area contributed by atoms with E-state index in [-0.39, 0.29) is 17.3 Å². The molecular weight excluding hydrogens is 299 g/mol. The first kappa shape index (κ1) is 13.3. The maximum atomic E-state index is 11.8. The summed E-state index contributed by atoms with van der Waals surface area (Å²) >= 11 is 11.7. The molecule has 0 spiro atoms. The molecule has 1 heterocycles. The van der Waals surface area contributed by atoms with E-state index in [0.717, 1.165) is 0 Å². The molecule has 0 aliphatic heterocycles. The van der Waals surface area contributed by atoms with Crippen molar-refractivity contribution in [1.29, 1.82) is 0 Å². The highest BCUT2D eigenvalue weighted by molar-refractivity contribution is 7.84. The number of benzene rings is 1. The molecule has 1 aromatic carbocycles. The second kappa shape index (κ2) is 5.26. The maximum absolute atomic E-state index is 11.8. The Balaban J connectivity index is 2.30. The fourth-order valence-electron chi connectivity index (χ4n) is 1.37. The number of aromatic nitrogens is 2. The summed E-state index contributed by atoms with van der Waals surface area (Å²) in [6.45, 7) is 0. The van der Waals surface area contributed by atoms with E-state index >= 15 is 0 Å². The zero-order valence-corrected chi connectivity index (χ0v) is 11.3. The SMILES string of the molecule is O=C(O)CCS(=O)c1nc2cc(Cl)c(Cl)cc2[nH]1. The largest absolute Gasteiger partial charge is 0.481 e. The van der Waals surface area contributed by atoms with Gasteiger partial charge < -0.3 is 10.1 Å². The number of carboxylic acids is 1. The Hall–Kier alpha value is -1.11. The highest BCUT2D eigenvalue weighted by atomic mass is 35.5. The predicted molar refractivity (Wildman–Crippen MR) is 69.6 cm³/mol. The summed E-state index contributed by atoms with van der Waals surface area (Å²) in [4.78, 5) is 17.3. The normalized spacial score (nSPS) is 12.8. The monoisotopic (exact) mass is 306 g/mol. The Labute approximate surface area is 115 Å². The van der Waals surface area contributed by atoms with Gasteiger partial charge in [0.1, 0.15) is 0 Å². The quantitative estimate of drug-likeness (QED) is 0.909. The average Bonchev–Trinajstić information content (AvgIpc) is 2.69. The average molecular weight is 307 g/mol. The van der Waals surface area contributed by atoms with Crippen molar-refractivity contribution in [2.24, 2.45) is 0 Å². The van der Waals surface area contributed by atoms with Crippen LogP contribution in [-0.2, 0) is 15.6 Å². The van der Waals surface area contributed by atoms with E-state index in [1.165, 1.54) is 0 Å². The standard InChI is InChI=1S/C10H8Cl2N2O3S/c11-5-3-7-8(4-6(5)12)14-10(13-7)18(17)2-1-9(15)16/h3-4H,1-2H2,(H,13,14)(H,15,16). The van der Waals surface area contributed by atoms with Gasteiger partial charge in [-0.2, -0.15) is 0 Å². The lowest BCUT2D eigenvalue weighted by atomic mass is 10.3. The molecule has 1 unspecified atom stereocenters. The van der Waals surface area contributed by atoms with Crippen LogP contribution in [0.5, 0.6) is 0 Å². The van der Waals surface area contributed by atoms with Crippen LogP contribution in [0.4, 0.5) is 0 Å². The van der Waals surface area contributed by atoms with Crippen LogP contribution in [-0.4, -0.2) is 31.0 Å². The number of nitrogens with zero attached hydrogens (tertiary/aromatic N) is 1. The highest BCUT2D eigenvalue weighted by Gasteiger charge is 2.12. The Morgan fingerprint density at radius 3 is 2.72 bits per heavy atom. The van der Waals surface area contributed by atoms with Crippen molar-refractivity contribution in [2.45, 2.75) is 11.6 Å². The number of rotatable bonds is 4. The Morgan fingerprint density at radius 1 is 1.39 bits per heavy atom. The highest BCUT2D eigenvalue weighted by Crippen LogP contribution is 2.27. The summed E-state index contributed by atoms with van der Waals surface area (Å²) in [5.74, 6) is -0.984. The summed E-state index contributed by atoms with van der Waals surface area (Å²) in [6.07, 6.45) is -0.175. The number of hydrogen-bond acceptors (Lipinski definition) is 3. The second-order valence-electron chi connectivity index (χ2n) is 3.52. The second-order valence-corrected chi connectivity index (χ2v) is 5.82. The number of fused-ring (bicyclic) bond motifs is 1. The van der Waals surface area contributed by atoms with Crippen LogP contribution >= 0.6 is 23.2 Å². The number of aromatic amines is 1. The van der Waals surface area contributed by atoms with Gasteiger partial charge in [0.2, 0.25) is 0 Å². The predicted octanol–water partition coefficient (Wildman–Crippen LogP) is 2.45. The number of carbonyl (C=O) groups is 1. The minimum absolute atomic E-state index is 0.0105. The van der Waals surface area contributed by atoms with Gasteiger partial charge in [0, 0.05) is 5.75 Å². The number of nitrogens with one attached hydrogen (secondary N) is 1. The van der Waals surface area contributed by atoms with Gasteiger partial charge in [-0.25, -0.2) is 4.98 Å². The first-order valence-corrected chi connectivity index (χ1v) is 7.00. The molecule has 0 saturated heterocycles. The molecule has 2 N–H and O–H groups in total. The molecule has 2 aromatic rings. The zero-order chi connectivity index (χ0) is 13.3. The fourth-order valence-corrected chi connectivity index (χ4v) is 2.66. The van der Waals surface area contributed by atoms with Crippen molar-refractivity contribution in [3.8, 4) is 0 Å². The van der Waals surface area contributed by atoms with E-state index in [4.69, 9.17) is 28.3 Å². The molecule has 1 atom stereocenters. The third-order valence-corrected chi connectivity index (χ3v) is 4.14. The number of aliphatic carboxylic acids is 1. The van der Waals surface area contributed by atoms with Crippen LogP contribution in [0.3, 0.4) is 0 Å². The molecule has 0 fully saturated rings. The zero-order valence-electron chi connectivity index (χ0n) is 8.94. The summed E-state index contributed by atoms with van der Waals surface area (Å²) in [7, 11) is -1.48. The molecule has 1 aromatic heterocycles. The lowest BCUT2D eigenvalue weighted by Crippen LogP contribution is -2.05. The van der Waals surface area contributed by atoms with Gasteiger partial charge in [0.25, 0.3) is 0 Å².